The van der Waals surface area contributed by atoms with E-state index in [9.17, 15) is 19.5 Å². The lowest BCUT2D eigenvalue weighted by atomic mass is 9.97. The molecule has 4 aromatic carbocycles. The summed E-state index contributed by atoms with van der Waals surface area (Å²) in [5, 5.41) is 24.0. The highest BCUT2D eigenvalue weighted by molar-refractivity contribution is 7.99. The van der Waals surface area contributed by atoms with Crippen molar-refractivity contribution in [3.8, 4) is 11.1 Å². The minimum absolute atomic E-state index is 0.0217. The van der Waals surface area contributed by atoms with Crippen molar-refractivity contribution < 1.29 is 34.1 Å². The van der Waals surface area contributed by atoms with E-state index in [2.05, 4.69) is 10.6 Å². The van der Waals surface area contributed by atoms with Gasteiger partial charge in [0.2, 0.25) is 11.8 Å². The molecule has 48 heavy (non-hydrogen) atoms. The first kappa shape index (κ1) is 34.8. The van der Waals surface area contributed by atoms with Gasteiger partial charge in [-0.1, -0.05) is 72.8 Å². The van der Waals surface area contributed by atoms with Crippen molar-refractivity contribution in [3.05, 3.63) is 119 Å². The van der Waals surface area contributed by atoms with Crippen molar-refractivity contribution in [2.45, 2.75) is 69.2 Å². The lowest BCUT2D eigenvalue weighted by molar-refractivity contribution is -0.245. The third-order valence-electron chi connectivity index (χ3n) is 8.01. The van der Waals surface area contributed by atoms with Crippen molar-refractivity contribution in [2.75, 3.05) is 11.1 Å². The molecular formula is C38H40N2O7S. The monoisotopic (exact) mass is 668 g/mol. The van der Waals surface area contributed by atoms with Crippen LogP contribution in [0, 0.1) is 0 Å². The normalized spacial score (nSPS) is 17.4. The van der Waals surface area contributed by atoms with Crippen molar-refractivity contribution in [3.63, 3.8) is 0 Å². The zero-order valence-electron chi connectivity index (χ0n) is 26.8. The van der Waals surface area contributed by atoms with Gasteiger partial charge in [-0.3, -0.25) is 14.4 Å². The van der Waals surface area contributed by atoms with Crippen LogP contribution in [0.15, 0.2) is 102 Å². The second kappa shape index (κ2) is 17.1. The summed E-state index contributed by atoms with van der Waals surface area (Å²) in [6, 6.07) is 31.5. The molecule has 0 bridgehead atoms. The molecule has 0 aliphatic carbocycles. The Morgan fingerprint density at radius 1 is 0.854 bits per heavy atom. The topological polar surface area (TPSA) is 134 Å². The number of thioether (sulfide) groups is 1. The summed E-state index contributed by atoms with van der Waals surface area (Å²) in [4.78, 5) is 35.5. The van der Waals surface area contributed by atoms with Gasteiger partial charge in [0.15, 0.2) is 6.29 Å². The predicted octanol–water partition coefficient (Wildman–Crippen LogP) is 7.01. The third-order valence-corrected chi connectivity index (χ3v) is 9.15. The highest BCUT2D eigenvalue weighted by atomic mass is 32.2. The lowest BCUT2D eigenvalue weighted by Gasteiger charge is -2.36. The standard InChI is InChI=1S/C38H40N2O7S/c1-25(42)40-31-17-19-33(20-18-31)48-24-32-21-35(28-11-9-26(23-41)10-12-28)47-38(46-32)29-15-13-27(14-16-29)34-6-3-2-5-30(34)22-39-36(43)7-4-8-37(44)45/h2-3,5-6,9-20,32,35,38,41H,4,7-8,21-24H2,1H3,(H,39,43)(H,40,42)(H,44,45)/t32-,35+,38+/m1/s1. The maximum Gasteiger partial charge on any atom is 0.303 e. The number of carbonyl (C=O) groups excluding carboxylic acids is 2. The predicted molar refractivity (Wildman–Crippen MR) is 185 cm³/mol. The molecule has 0 saturated carbocycles. The van der Waals surface area contributed by atoms with Crippen LogP contribution in [0.1, 0.15) is 67.3 Å². The molecule has 5 rings (SSSR count). The molecule has 9 nitrogen and oxygen atoms in total. The molecular weight excluding hydrogens is 628 g/mol. The Labute approximate surface area is 284 Å². The van der Waals surface area contributed by atoms with Crippen LogP contribution in [0.2, 0.25) is 0 Å². The minimum atomic E-state index is -0.909. The highest BCUT2D eigenvalue weighted by Crippen LogP contribution is 2.40. The van der Waals surface area contributed by atoms with E-state index < -0.39 is 12.3 Å². The van der Waals surface area contributed by atoms with Gasteiger partial charge in [-0.15, -0.1) is 11.8 Å². The molecule has 0 radical (unpaired) electrons. The molecule has 3 atom stereocenters. The molecule has 1 aliphatic rings. The first-order valence-corrected chi connectivity index (χ1v) is 16.9. The van der Waals surface area contributed by atoms with Gasteiger partial charge in [0.1, 0.15) is 0 Å². The fourth-order valence-corrected chi connectivity index (χ4v) is 6.43. The van der Waals surface area contributed by atoms with Crippen LogP contribution in [-0.2, 0) is 37.0 Å². The fourth-order valence-electron chi connectivity index (χ4n) is 5.51. The second-order valence-corrected chi connectivity index (χ2v) is 12.8. The zero-order chi connectivity index (χ0) is 33.9. The lowest BCUT2D eigenvalue weighted by Crippen LogP contribution is -2.31. The van der Waals surface area contributed by atoms with Gasteiger partial charge in [-0.2, -0.15) is 0 Å². The highest BCUT2D eigenvalue weighted by Gasteiger charge is 2.32. The Bertz CT molecular complexity index is 1680. The van der Waals surface area contributed by atoms with Gasteiger partial charge < -0.3 is 30.3 Å². The van der Waals surface area contributed by atoms with E-state index in [1.807, 2.05) is 97.1 Å². The van der Waals surface area contributed by atoms with E-state index in [1.165, 1.54) is 6.92 Å². The molecule has 4 N–H and O–H groups in total. The molecule has 1 saturated heterocycles. The van der Waals surface area contributed by atoms with Crippen LogP contribution < -0.4 is 10.6 Å². The number of aliphatic hydroxyl groups excluding tert-OH is 1. The van der Waals surface area contributed by atoms with Crippen molar-refractivity contribution >= 4 is 35.2 Å². The number of rotatable bonds is 14. The first-order chi connectivity index (χ1) is 23.3. The van der Waals surface area contributed by atoms with E-state index in [0.29, 0.717) is 25.1 Å². The molecule has 1 aliphatic heterocycles. The van der Waals surface area contributed by atoms with Gasteiger partial charge in [0, 0.05) is 54.6 Å². The summed E-state index contributed by atoms with van der Waals surface area (Å²) in [6.07, 6.45) is 0.200. The van der Waals surface area contributed by atoms with Crippen molar-refractivity contribution in [1.82, 2.24) is 5.32 Å². The van der Waals surface area contributed by atoms with Crippen LogP contribution >= 0.6 is 11.8 Å². The van der Waals surface area contributed by atoms with Crippen LogP contribution in [0.25, 0.3) is 11.1 Å². The number of hydrogen-bond donors (Lipinski definition) is 4. The van der Waals surface area contributed by atoms with Gasteiger partial charge in [0.05, 0.1) is 18.8 Å². The summed E-state index contributed by atoms with van der Waals surface area (Å²) in [6.45, 7) is 1.80. The summed E-state index contributed by atoms with van der Waals surface area (Å²) in [5.41, 5.74) is 6.42. The molecule has 2 amide bonds. The second-order valence-electron chi connectivity index (χ2n) is 11.7. The van der Waals surface area contributed by atoms with Crippen LogP contribution in [0.4, 0.5) is 5.69 Å². The first-order valence-electron chi connectivity index (χ1n) is 15.9. The number of ether oxygens (including phenoxy) is 2. The number of aliphatic carboxylic acids is 1. The molecule has 0 aromatic heterocycles. The number of benzene rings is 4. The number of nitrogens with one attached hydrogen (secondary N) is 2. The van der Waals surface area contributed by atoms with Crippen molar-refractivity contribution in [1.29, 1.82) is 0 Å². The Balaban J connectivity index is 1.28. The Morgan fingerprint density at radius 3 is 2.25 bits per heavy atom. The summed E-state index contributed by atoms with van der Waals surface area (Å²) in [5.74, 6) is -0.488. The number of carboxylic acid groups (broad SMARTS) is 1. The number of aliphatic hydroxyl groups is 1. The molecule has 0 unspecified atom stereocenters. The van der Waals surface area contributed by atoms with E-state index in [0.717, 1.165) is 44.0 Å². The van der Waals surface area contributed by atoms with Crippen LogP contribution in [0.3, 0.4) is 0 Å². The Hall–Kier alpha value is -4.48. The molecule has 250 valence electrons. The van der Waals surface area contributed by atoms with E-state index in [-0.39, 0.29) is 43.5 Å². The average Bonchev–Trinajstić information content (AvgIpc) is 3.10. The summed E-state index contributed by atoms with van der Waals surface area (Å²) in [7, 11) is 0. The van der Waals surface area contributed by atoms with Gasteiger partial charge in [-0.25, -0.2) is 0 Å². The number of anilines is 1. The molecule has 1 fully saturated rings. The number of carbonyl (C=O) groups is 3. The zero-order valence-corrected chi connectivity index (χ0v) is 27.6. The smallest absolute Gasteiger partial charge is 0.303 e. The molecule has 0 spiro atoms. The summed E-state index contributed by atoms with van der Waals surface area (Å²) < 4.78 is 13.1. The molecule has 1 heterocycles. The fraction of sp³-hybridized carbons (Fsp3) is 0.289. The van der Waals surface area contributed by atoms with Crippen LogP contribution in [-0.4, -0.2) is 39.9 Å². The van der Waals surface area contributed by atoms with Gasteiger partial charge >= 0.3 is 5.97 Å². The van der Waals surface area contributed by atoms with Crippen LogP contribution in [0.5, 0.6) is 0 Å². The SMILES string of the molecule is CC(=O)Nc1ccc(SC[C@H]2C[C@@H](c3ccc(CO)cc3)O[C@@H](c3ccc(-c4ccccc4CNC(=O)CCCC(=O)O)cc3)O2)cc1. The largest absolute Gasteiger partial charge is 0.481 e. The minimum Gasteiger partial charge on any atom is -0.481 e. The molecule has 4 aromatic rings. The van der Waals surface area contributed by atoms with Gasteiger partial charge in [0.25, 0.3) is 0 Å². The number of hydrogen-bond acceptors (Lipinski definition) is 7. The van der Waals surface area contributed by atoms with E-state index in [4.69, 9.17) is 14.6 Å². The Kier molecular flexibility index (Phi) is 12.4. The Morgan fingerprint density at radius 2 is 1.56 bits per heavy atom. The number of amides is 2. The maximum absolute atomic E-state index is 12.3. The maximum atomic E-state index is 12.3. The van der Waals surface area contributed by atoms with E-state index >= 15 is 0 Å². The summed E-state index contributed by atoms with van der Waals surface area (Å²) >= 11 is 1.69. The van der Waals surface area contributed by atoms with Gasteiger partial charge in [-0.05, 0) is 58.5 Å². The number of carboxylic acids is 1. The average molecular weight is 669 g/mol. The van der Waals surface area contributed by atoms with Crippen molar-refractivity contribution in [2.24, 2.45) is 0 Å². The molecule has 10 heteroatoms. The third kappa shape index (κ3) is 10.0. The van der Waals surface area contributed by atoms with E-state index in [1.54, 1.807) is 11.8 Å². The quantitative estimate of drug-likeness (QED) is 0.105.